The Bertz CT molecular complexity index is 542. The highest BCUT2D eigenvalue weighted by molar-refractivity contribution is 5.63. The number of unbranched alkanes of at least 4 members (excludes halogenated alkanes) is 8. The van der Waals surface area contributed by atoms with E-state index in [0.29, 0.717) is 0 Å². The van der Waals surface area contributed by atoms with Gasteiger partial charge in [0.25, 0.3) is 0 Å². The first kappa shape index (κ1) is 29.3. The Morgan fingerprint density at radius 3 is 1.28 bits per heavy atom. The number of aliphatic carboxylic acids is 1. The second kappa shape index (κ2) is 22.4. The summed E-state index contributed by atoms with van der Waals surface area (Å²) in [5, 5.41) is 10.1. The van der Waals surface area contributed by atoms with Crippen LogP contribution in [-0.2, 0) is 18.9 Å². The second-order valence-electron chi connectivity index (χ2n) is 7.03. The first-order valence-corrected chi connectivity index (χ1v) is 10.6. The van der Waals surface area contributed by atoms with E-state index in [4.69, 9.17) is 0 Å². The predicted octanol–water partition coefficient (Wildman–Crippen LogP) is 0.683. The maximum Gasteiger partial charge on any atom is 0.168 e. The van der Waals surface area contributed by atoms with Gasteiger partial charge in [-0.25, -0.2) is 9.13 Å². The van der Waals surface area contributed by atoms with Crippen LogP contribution in [-0.4, -0.2) is 5.97 Å². The Hall–Kier alpha value is -1.94. The number of carboxylic acid groups (broad SMARTS) is 1. The summed E-state index contributed by atoms with van der Waals surface area (Å²) in [5.41, 5.74) is 0. The van der Waals surface area contributed by atoms with Gasteiger partial charge in [0.05, 0.1) is 0 Å². The molecule has 0 N–H and O–H groups in total. The number of aryl methyl sites for hydroxylation is 2. The van der Waals surface area contributed by atoms with Crippen molar-refractivity contribution in [2.45, 2.75) is 71.1 Å². The minimum absolute atomic E-state index is 0. The van der Waals surface area contributed by atoms with Gasteiger partial charge in [-0.1, -0.05) is 70.4 Å². The average Bonchev–Trinajstić information content (AvgIpc) is 2.69. The van der Waals surface area contributed by atoms with Crippen molar-refractivity contribution in [3.05, 3.63) is 61.2 Å². The van der Waals surface area contributed by atoms with E-state index >= 15 is 0 Å². The van der Waals surface area contributed by atoms with Crippen molar-refractivity contribution < 1.29 is 31.4 Å². The Kier molecular flexibility index (Phi) is 22.6. The van der Waals surface area contributed by atoms with Crippen LogP contribution in [0.25, 0.3) is 0 Å². The van der Waals surface area contributed by atoms with Crippen molar-refractivity contribution in [2.24, 2.45) is 14.1 Å². The lowest BCUT2D eigenvalue weighted by atomic mass is 10.1. The van der Waals surface area contributed by atoms with Crippen molar-refractivity contribution in [1.29, 1.82) is 0 Å². The first-order chi connectivity index (χ1) is 13.6. The van der Waals surface area contributed by atoms with Crippen LogP contribution in [0.5, 0.6) is 0 Å². The molecule has 0 radical (unpaired) electrons. The lowest BCUT2D eigenvalue weighted by Crippen LogP contribution is -3.00. The molecule has 29 heavy (non-hydrogen) atoms. The number of hydrogen-bond donors (Lipinski definition) is 0. The van der Waals surface area contributed by atoms with Gasteiger partial charge in [0.1, 0.15) is 14.1 Å². The number of pyridine rings is 2. The van der Waals surface area contributed by atoms with E-state index in [-0.39, 0.29) is 18.8 Å². The molecule has 4 nitrogen and oxygen atoms in total. The van der Waals surface area contributed by atoms with Crippen LogP contribution in [0.3, 0.4) is 0 Å². The van der Waals surface area contributed by atoms with E-state index in [0.717, 1.165) is 12.8 Å². The predicted molar refractivity (Wildman–Crippen MR) is 112 cm³/mol. The molecule has 0 fully saturated rings. The van der Waals surface area contributed by atoms with E-state index < -0.39 is 5.97 Å². The summed E-state index contributed by atoms with van der Waals surface area (Å²) in [6, 6.07) is 12.0. The summed E-state index contributed by atoms with van der Waals surface area (Å²) in [7, 11) is 4.00. The summed E-state index contributed by atoms with van der Waals surface area (Å²) < 4.78 is 4.00. The van der Waals surface area contributed by atoms with Gasteiger partial charge in [0, 0.05) is 30.2 Å². The van der Waals surface area contributed by atoms with Crippen LogP contribution in [0.15, 0.2) is 61.2 Å². The minimum atomic E-state index is -0.909. The van der Waals surface area contributed by atoms with Gasteiger partial charge >= 0.3 is 0 Å². The Balaban J connectivity index is 0. The molecule has 0 atom stereocenters. The number of carbonyl (C=O) groups excluding carboxylic acids is 1. The number of carboxylic acids is 1. The van der Waals surface area contributed by atoms with Gasteiger partial charge in [0.15, 0.2) is 24.8 Å². The molecule has 0 spiro atoms. The van der Waals surface area contributed by atoms with Crippen LogP contribution in [0.2, 0.25) is 0 Å². The SMILES string of the molecule is CCCCCCCCCCCC(=O)[O-].C[n+]1ccccc1.C[n+]1ccccc1.[Cl-]. The molecule has 2 aromatic rings. The molecule has 5 heteroatoms. The lowest BCUT2D eigenvalue weighted by Gasteiger charge is -2.02. The highest BCUT2D eigenvalue weighted by Crippen LogP contribution is 2.10. The molecule has 2 heterocycles. The Labute approximate surface area is 184 Å². The Morgan fingerprint density at radius 2 is 1.00 bits per heavy atom. The molecular weight excluding hydrogens is 384 g/mol. The van der Waals surface area contributed by atoms with E-state index in [1.54, 1.807) is 0 Å². The zero-order valence-electron chi connectivity index (χ0n) is 18.4. The number of carbonyl (C=O) groups is 1. The summed E-state index contributed by atoms with van der Waals surface area (Å²) in [6.07, 6.45) is 19.2. The fourth-order valence-electron chi connectivity index (χ4n) is 2.55. The van der Waals surface area contributed by atoms with E-state index in [2.05, 4.69) is 6.92 Å². The summed E-state index contributed by atoms with van der Waals surface area (Å²) in [6.45, 7) is 2.22. The summed E-state index contributed by atoms with van der Waals surface area (Å²) in [4.78, 5) is 10.1. The molecule has 0 bridgehead atoms. The van der Waals surface area contributed by atoms with Crippen molar-refractivity contribution >= 4 is 5.97 Å². The fraction of sp³-hybridized carbons (Fsp3) is 0.542. The summed E-state index contributed by atoms with van der Waals surface area (Å²) >= 11 is 0. The molecule has 2 aromatic heterocycles. The van der Waals surface area contributed by atoms with Gasteiger partial charge in [-0.15, -0.1) is 0 Å². The van der Waals surface area contributed by atoms with Gasteiger partial charge in [-0.2, -0.15) is 0 Å². The third-order valence-electron chi connectivity index (χ3n) is 4.21. The van der Waals surface area contributed by atoms with Gasteiger partial charge in [-0.3, -0.25) is 0 Å². The quantitative estimate of drug-likeness (QED) is 0.417. The number of hydrogen-bond acceptors (Lipinski definition) is 2. The Morgan fingerprint density at radius 1 is 0.655 bits per heavy atom. The fourth-order valence-corrected chi connectivity index (χ4v) is 2.55. The maximum absolute atomic E-state index is 10.1. The van der Waals surface area contributed by atoms with Crippen LogP contribution < -0.4 is 26.6 Å². The number of nitrogens with zero attached hydrogens (tertiary/aromatic N) is 2. The third-order valence-corrected chi connectivity index (χ3v) is 4.21. The van der Waals surface area contributed by atoms with E-state index in [9.17, 15) is 9.90 Å². The number of aromatic nitrogens is 2. The number of halogens is 1. The molecule has 0 saturated carbocycles. The van der Waals surface area contributed by atoms with Crippen molar-refractivity contribution in [3.63, 3.8) is 0 Å². The first-order valence-electron chi connectivity index (χ1n) is 10.6. The zero-order chi connectivity index (χ0) is 20.9. The largest absolute Gasteiger partial charge is 1.00 e. The molecule has 164 valence electrons. The highest BCUT2D eigenvalue weighted by Gasteiger charge is 1.92. The molecule has 0 aliphatic rings. The van der Waals surface area contributed by atoms with Crippen molar-refractivity contribution in [1.82, 2.24) is 0 Å². The summed E-state index contributed by atoms with van der Waals surface area (Å²) in [5.74, 6) is -0.909. The van der Waals surface area contributed by atoms with Crippen LogP contribution in [0.1, 0.15) is 71.1 Å². The van der Waals surface area contributed by atoms with Gasteiger partial charge < -0.3 is 22.3 Å². The smallest absolute Gasteiger partial charge is 0.168 e. The second-order valence-corrected chi connectivity index (χ2v) is 7.03. The molecule has 2 rings (SSSR count). The van der Waals surface area contributed by atoms with Crippen molar-refractivity contribution in [2.75, 3.05) is 0 Å². The van der Waals surface area contributed by atoms with E-state index in [1.165, 1.54) is 44.9 Å². The molecule has 0 aliphatic carbocycles. The minimum Gasteiger partial charge on any atom is -1.00 e. The maximum atomic E-state index is 10.1. The normalized spacial score (nSPS) is 9.21. The molecule has 0 unspecified atom stereocenters. The molecule has 0 aromatic carbocycles. The standard InChI is InChI=1S/C12H24O2.2C6H8N.ClH/c1-2-3-4-5-6-7-8-9-10-11-12(13)14;2*1-7-5-3-2-4-6-7;/h2-11H2,1H3,(H,13,14);2*2-6H,1H3;1H/q;2*+1;/p-2. The van der Waals surface area contributed by atoms with E-state index in [1.807, 2.05) is 84.4 Å². The monoisotopic (exact) mass is 422 g/mol. The number of rotatable bonds is 10. The van der Waals surface area contributed by atoms with Gasteiger partial charge in [0.2, 0.25) is 0 Å². The van der Waals surface area contributed by atoms with Crippen LogP contribution in [0.4, 0.5) is 0 Å². The van der Waals surface area contributed by atoms with Gasteiger partial charge in [-0.05, 0) is 12.8 Å². The molecule has 0 amide bonds. The van der Waals surface area contributed by atoms with Crippen LogP contribution in [0, 0.1) is 0 Å². The highest BCUT2D eigenvalue weighted by atomic mass is 35.5. The third kappa shape index (κ3) is 24.0. The molecular formula is C24H39ClN2O2. The lowest BCUT2D eigenvalue weighted by molar-refractivity contribution is -0.671. The zero-order valence-corrected chi connectivity index (χ0v) is 19.2. The molecule has 0 saturated heterocycles. The topological polar surface area (TPSA) is 47.9 Å². The van der Waals surface area contributed by atoms with Crippen LogP contribution >= 0.6 is 0 Å². The van der Waals surface area contributed by atoms with Crippen molar-refractivity contribution in [3.8, 4) is 0 Å². The molecule has 0 aliphatic heterocycles. The average molecular weight is 423 g/mol.